The number of rotatable bonds is 4. The molecule has 0 unspecified atom stereocenters. The highest BCUT2D eigenvalue weighted by Crippen LogP contribution is 2.14. The molecule has 0 radical (unpaired) electrons. The summed E-state index contributed by atoms with van der Waals surface area (Å²) in [5.74, 6) is 0.980. The molecule has 2 rings (SSSR count). The van der Waals surface area contributed by atoms with Crippen molar-refractivity contribution in [1.29, 1.82) is 0 Å². The quantitative estimate of drug-likeness (QED) is 0.852. The van der Waals surface area contributed by atoms with Gasteiger partial charge in [0.1, 0.15) is 5.76 Å². The molecule has 0 atom stereocenters. The molecule has 0 bridgehead atoms. The fraction of sp³-hybridized carbons (Fsp3) is 0.250. The fourth-order valence-corrected chi connectivity index (χ4v) is 1.98. The average Bonchev–Trinajstić information content (AvgIpc) is 2.98. The normalized spacial score (nSPS) is 10.4. The first-order valence-electron chi connectivity index (χ1n) is 6.78. The molecular formula is C16H18N2O2S. The van der Waals surface area contributed by atoms with E-state index in [0.29, 0.717) is 18.0 Å². The van der Waals surface area contributed by atoms with E-state index in [4.69, 9.17) is 16.6 Å². The molecule has 0 saturated heterocycles. The molecule has 1 heterocycles. The number of amides is 1. The number of hydrogen-bond donors (Lipinski definition) is 2. The molecule has 2 aromatic rings. The molecule has 5 heteroatoms. The molecule has 1 aromatic carbocycles. The summed E-state index contributed by atoms with van der Waals surface area (Å²) in [5.41, 5.74) is 1.78. The van der Waals surface area contributed by atoms with Crippen LogP contribution in [0.4, 0.5) is 0 Å². The first kappa shape index (κ1) is 15.3. The maximum atomic E-state index is 12.0. The minimum Gasteiger partial charge on any atom is -0.467 e. The molecule has 0 fully saturated rings. The molecule has 21 heavy (non-hydrogen) atoms. The second kappa shape index (κ2) is 7.04. The fourth-order valence-electron chi connectivity index (χ4n) is 1.82. The number of carbonyl (C=O) groups excluding carboxylic acids is 1. The van der Waals surface area contributed by atoms with E-state index in [0.717, 1.165) is 5.76 Å². The van der Waals surface area contributed by atoms with Gasteiger partial charge in [0.15, 0.2) is 5.11 Å². The summed E-state index contributed by atoms with van der Waals surface area (Å²) in [6.07, 6.45) is 1.59. The minimum absolute atomic E-state index is 0.220. The summed E-state index contributed by atoms with van der Waals surface area (Å²) in [5, 5.41) is 5.85. The maximum Gasteiger partial charge on any atom is 0.257 e. The Balaban J connectivity index is 1.86. The first-order valence-corrected chi connectivity index (χ1v) is 7.18. The first-order chi connectivity index (χ1) is 10.1. The van der Waals surface area contributed by atoms with Crippen molar-refractivity contribution in [2.75, 3.05) is 0 Å². The SMILES string of the molecule is CC(C)c1ccc(C(=O)NC(=S)NCc2ccco2)cc1. The molecule has 1 aromatic heterocycles. The summed E-state index contributed by atoms with van der Waals surface area (Å²) < 4.78 is 5.17. The number of thiocarbonyl (C=S) groups is 1. The van der Waals surface area contributed by atoms with E-state index in [2.05, 4.69) is 24.5 Å². The van der Waals surface area contributed by atoms with Crippen LogP contribution < -0.4 is 10.6 Å². The van der Waals surface area contributed by atoms with Crippen LogP contribution in [-0.2, 0) is 6.54 Å². The Kier molecular flexibility index (Phi) is 5.11. The van der Waals surface area contributed by atoms with E-state index in [1.54, 1.807) is 24.5 Å². The summed E-state index contributed by atoms with van der Waals surface area (Å²) in [7, 11) is 0. The van der Waals surface area contributed by atoms with Crippen molar-refractivity contribution >= 4 is 23.2 Å². The molecule has 0 aliphatic rings. The van der Waals surface area contributed by atoms with E-state index in [1.165, 1.54) is 5.56 Å². The molecule has 0 saturated carbocycles. The number of nitrogens with one attached hydrogen (secondary N) is 2. The van der Waals surface area contributed by atoms with Gasteiger partial charge in [-0.3, -0.25) is 10.1 Å². The van der Waals surface area contributed by atoms with Crippen molar-refractivity contribution in [2.45, 2.75) is 26.3 Å². The van der Waals surface area contributed by atoms with Gasteiger partial charge in [0.2, 0.25) is 0 Å². The number of benzene rings is 1. The predicted molar refractivity (Wildman–Crippen MR) is 86.1 cm³/mol. The Morgan fingerprint density at radius 3 is 2.52 bits per heavy atom. The molecule has 0 aliphatic carbocycles. The van der Waals surface area contributed by atoms with Crippen LogP contribution in [0.3, 0.4) is 0 Å². The summed E-state index contributed by atoms with van der Waals surface area (Å²) in [6.45, 7) is 4.67. The Labute approximate surface area is 129 Å². The van der Waals surface area contributed by atoms with Gasteiger partial charge >= 0.3 is 0 Å². The van der Waals surface area contributed by atoms with Crippen molar-refractivity contribution < 1.29 is 9.21 Å². The van der Waals surface area contributed by atoms with E-state index < -0.39 is 0 Å². The third-order valence-corrected chi connectivity index (χ3v) is 3.32. The van der Waals surface area contributed by atoms with Gasteiger partial charge in [0.05, 0.1) is 12.8 Å². The Bertz CT molecular complexity index is 604. The van der Waals surface area contributed by atoms with Crippen LogP contribution in [0.15, 0.2) is 47.1 Å². The summed E-state index contributed by atoms with van der Waals surface area (Å²) in [4.78, 5) is 12.0. The van der Waals surface area contributed by atoms with Crippen LogP contribution in [0.1, 0.15) is 41.4 Å². The molecular weight excluding hydrogens is 284 g/mol. The highest BCUT2D eigenvalue weighted by Gasteiger charge is 2.08. The van der Waals surface area contributed by atoms with Crippen LogP contribution in [0.25, 0.3) is 0 Å². The van der Waals surface area contributed by atoms with Gasteiger partial charge in [-0.25, -0.2) is 0 Å². The average molecular weight is 302 g/mol. The molecule has 0 spiro atoms. The van der Waals surface area contributed by atoms with Gasteiger partial charge in [0.25, 0.3) is 5.91 Å². The lowest BCUT2D eigenvalue weighted by atomic mass is 10.0. The van der Waals surface area contributed by atoms with E-state index in [9.17, 15) is 4.79 Å². The lowest BCUT2D eigenvalue weighted by molar-refractivity contribution is 0.0976. The van der Waals surface area contributed by atoms with E-state index in [1.807, 2.05) is 18.2 Å². The van der Waals surface area contributed by atoms with Gasteiger partial charge < -0.3 is 9.73 Å². The Hall–Kier alpha value is -2.14. The predicted octanol–water partition coefficient (Wildman–Crippen LogP) is 3.21. The molecule has 110 valence electrons. The molecule has 2 N–H and O–H groups in total. The molecule has 4 nitrogen and oxygen atoms in total. The van der Waals surface area contributed by atoms with Crippen LogP contribution >= 0.6 is 12.2 Å². The Morgan fingerprint density at radius 1 is 1.24 bits per heavy atom. The second-order valence-corrected chi connectivity index (χ2v) is 5.40. The van der Waals surface area contributed by atoms with Crippen molar-refractivity contribution in [3.8, 4) is 0 Å². The number of furan rings is 1. The van der Waals surface area contributed by atoms with E-state index in [-0.39, 0.29) is 11.0 Å². The molecule has 0 aliphatic heterocycles. The number of hydrogen-bond acceptors (Lipinski definition) is 3. The maximum absolute atomic E-state index is 12.0. The standard InChI is InChI=1S/C16H18N2O2S/c1-11(2)12-5-7-13(8-6-12)15(19)18-16(21)17-10-14-4-3-9-20-14/h3-9,11H,10H2,1-2H3,(H2,17,18,19,21). The zero-order valence-electron chi connectivity index (χ0n) is 12.1. The second-order valence-electron chi connectivity index (χ2n) is 4.99. The Morgan fingerprint density at radius 2 is 1.95 bits per heavy atom. The van der Waals surface area contributed by atoms with Crippen LogP contribution in [0, 0.1) is 0 Å². The minimum atomic E-state index is -0.220. The van der Waals surface area contributed by atoms with Crippen LogP contribution in [-0.4, -0.2) is 11.0 Å². The van der Waals surface area contributed by atoms with Crippen LogP contribution in [0.2, 0.25) is 0 Å². The lowest BCUT2D eigenvalue weighted by Crippen LogP contribution is -2.38. The van der Waals surface area contributed by atoms with Crippen molar-refractivity contribution in [1.82, 2.24) is 10.6 Å². The zero-order valence-corrected chi connectivity index (χ0v) is 12.9. The van der Waals surface area contributed by atoms with Gasteiger partial charge in [-0.05, 0) is 48.0 Å². The largest absolute Gasteiger partial charge is 0.467 e. The topological polar surface area (TPSA) is 54.3 Å². The van der Waals surface area contributed by atoms with Gasteiger partial charge in [0, 0.05) is 5.56 Å². The lowest BCUT2D eigenvalue weighted by Gasteiger charge is -2.09. The van der Waals surface area contributed by atoms with Crippen molar-refractivity contribution in [3.05, 3.63) is 59.5 Å². The third kappa shape index (κ3) is 4.43. The summed E-state index contributed by atoms with van der Waals surface area (Å²) >= 11 is 5.09. The highest BCUT2D eigenvalue weighted by molar-refractivity contribution is 7.80. The zero-order chi connectivity index (χ0) is 15.2. The smallest absolute Gasteiger partial charge is 0.257 e. The van der Waals surface area contributed by atoms with Gasteiger partial charge in [-0.2, -0.15) is 0 Å². The van der Waals surface area contributed by atoms with Crippen molar-refractivity contribution in [3.63, 3.8) is 0 Å². The van der Waals surface area contributed by atoms with Crippen molar-refractivity contribution in [2.24, 2.45) is 0 Å². The van der Waals surface area contributed by atoms with Crippen LogP contribution in [0.5, 0.6) is 0 Å². The molecule has 1 amide bonds. The summed E-state index contributed by atoms with van der Waals surface area (Å²) in [6, 6.07) is 11.2. The third-order valence-electron chi connectivity index (χ3n) is 3.07. The van der Waals surface area contributed by atoms with Gasteiger partial charge in [-0.1, -0.05) is 26.0 Å². The van der Waals surface area contributed by atoms with Gasteiger partial charge in [-0.15, -0.1) is 0 Å². The van der Waals surface area contributed by atoms with E-state index >= 15 is 0 Å². The number of carbonyl (C=O) groups is 1. The highest BCUT2D eigenvalue weighted by atomic mass is 32.1. The monoisotopic (exact) mass is 302 g/mol.